The third-order valence-corrected chi connectivity index (χ3v) is 3.16. The molecule has 0 aliphatic carbocycles. The summed E-state index contributed by atoms with van der Waals surface area (Å²) in [6, 6.07) is 0. The number of rotatable bonds is 0. The average molecular weight is 197 g/mol. The van der Waals surface area contributed by atoms with Gasteiger partial charge in [-0.25, -0.2) is 0 Å². The van der Waals surface area contributed by atoms with E-state index in [-0.39, 0.29) is 4.06 Å². The Hall–Kier alpha value is 0.330. The highest BCUT2D eigenvalue weighted by Crippen LogP contribution is 2.13. The molecule has 4 heteroatoms. The molecule has 0 atom stereocenters. The summed E-state index contributed by atoms with van der Waals surface area (Å²) in [6.07, 6.45) is 0. The minimum atomic E-state index is 0.145. The van der Waals surface area contributed by atoms with Gasteiger partial charge in [-0.1, -0.05) is 22.7 Å². The fourth-order valence-corrected chi connectivity index (χ4v) is 2.56. The lowest BCUT2D eigenvalue weighted by molar-refractivity contribution is 2.20. The number of hydrogen-bond donors (Lipinski definition) is 0. The van der Waals surface area contributed by atoms with Crippen LogP contribution in [0, 0.1) is 0 Å². The first-order valence-electron chi connectivity index (χ1n) is 1.53. The van der Waals surface area contributed by atoms with Gasteiger partial charge in [0.15, 0.2) is 0 Å². The van der Waals surface area contributed by atoms with Crippen LogP contribution in [0.5, 0.6) is 0 Å². The third-order valence-electron chi connectivity index (χ3n) is 0.429. The van der Waals surface area contributed by atoms with Gasteiger partial charge >= 0.3 is 0 Å². The molecule has 1 rings (SSSR count). The van der Waals surface area contributed by atoms with E-state index < -0.39 is 0 Å². The molecule has 0 bridgehead atoms. The first-order valence-corrected chi connectivity index (χ1v) is 4.02. The van der Waals surface area contributed by atoms with Gasteiger partial charge in [0.2, 0.25) is 0 Å². The van der Waals surface area contributed by atoms with Crippen molar-refractivity contribution in [1.29, 1.82) is 0 Å². The maximum absolute atomic E-state index is 10.3. The van der Waals surface area contributed by atoms with Crippen LogP contribution < -0.4 is 4.06 Å². The molecule has 0 amide bonds. The summed E-state index contributed by atoms with van der Waals surface area (Å²) >= 11 is 5.60. The molecular formula is C3HBrOS2. The van der Waals surface area contributed by atoms with Gasteiger partial charge in [-0.2, -0.15) is 0 Å². The van der Waals surface area contributed by atoms with Crippen LogP contribution in [-0.4, -0.2) is 0 Å². The van der Waals surface area contributed by atoms with E-state index >= 15 is 0 Å². The predicted octanol–water partition coefficient (Wildman–Crippen LogP) is 1.93. The van der Waals surface area contributed by atoms with Crippen LogP contribution in [0.4, 0.5) is 0 Å². The van der Waals surface area contributed by atoms with Gasteiger partial charge in [-0.15, -0.1) is 0 Å². The molecule has 0 saturated carbocycles. The highest BCUT2D eigenvalue weighted by atomic mass is 79.9. The van der Waals surface area contributed by atoms with Crippen LogP contribution in [-0.2, 0) is 0 Å². The van der Waals surface area contributed by atoms with Crippen molar-refractivity contribution in [3.05, 3.63) is 18.0 Å². The van der Waals surface area contributed by atoms with E-state index in [1.54, 1.807) is 5.38 Å². The van der Waals surface area contributed by atoms with Crippen molar-refractivity contribution in [3.8, 4) is 0 Å². The fraction of sp³-hybridized carbons (Fsp3) is 0. The van der Waals surface area contributed by atoms with Crippen molar-refractivity contribution in [1.82, 2.24) is 0 Å². The lowest BCUT2D eigenvalue weighted by atomic mass is 11.2. The topological polar surface area (TPSA) is 17.1 Å². The Morgan fingerprint density at radius 2 is 2.43 bits per heavy atom. The molecular weight excluding hydrogens is 196 g/mol. The molecule has 0 spiro atoms. The van der Waals surface area contributed by atoms with Crippen LogP contribution >= 0.6 is 38.6 Å². The van der Waals surface area contributed by atoms with E-state index in [1.807, 2.05) is 0 Å². The van der Waals surface area contributed by atoms with Crippen molar-refractivity contribution in [2.75, 3.05) is 0 Å². The predicted molar refractivity (Wildman–Crippen MR) is 36.2 cm³/mol. The summed E-state index contributed by atoms with van der Waals surface area (Å²) < 4.78 is 1.06. The molecule has 0 fully saturated rings. The molecule has 0 aliphatic heterocycles. The summed E-state index contributed by atoms with van der Waals surface area (Å²) in [5, 5.41) is 1.78. The van der Waals surface area contributed by atoms with E-state index in [0.717, 1.165) is 3.79 Å². The zero-order chi connectivity index (χ0) is 5.28. The molecule has 0 radical (unpaired) electrons. The molecule has 0 unspecified atom stereocenters. The van der Waals surface area contributed by atoms with E-state index in [0.29, 0.717) is 0 Å². The first kappa shape index (κ1) is 5.47. The molecule has 0 aromatic carbocycles. The summed E-state index contributed by atoms with van der Waals surface area (Å²) in [6.45, 7) is 0. The summed E-state index contributed by atoms with van der Waals surface area (Å²) in [5.74, 6) is 0. The van der Waals surface area contributed by atoms with Crippen molar-refractivity contribution in [2.45, 2.75) is 0 Å². The summed E-state index contributed by atoms with van der Waals surface area (Å²) in [5.41, 5.74) is 0. The molecule has 1 aromatic heterocycles. The van der Waals surface area contributed by atoms with Gasteiger partial charge < -0.3 is 0 Å². The summed E-state index contributed by atoms with van der Waals surface area (Å²) in [4.78, 5) is 10.3. The van der Waals surface area contributed by atoms with E-state index in [2.05, 4.69) is 15.9 Å². The highest BCUT2D eigenvalue weighted by molar-refractivity contribution is 9.11. The molecule has 1 heterocycles. The quantitative estimate of drug-likeness (QED) is 0.621. The van der Waals surface area contributed by atoms with Crippen LogP contribution in [0.3, 0.4) is 0 Å². The smallest absolute Gasteiger partial charge is 0.265 e. The van der Waals surface area contributed by atoms with E-state index in [1.165, 1.54) is 22.7 Å². The fourth-order valence-electron chi connectivity index (χ4n) is 0.222. The SMILES string of the molecule is O=c1scc(Br)s1. The lowest BCUT2D eigenvalue weighted by Crippen LogP contribution is -1.72. The lowest BCUT2D eigenvalue weighted by Gasteiger charge is -1.60. The molecule has 1 nitrogen and oxygen atoms in total. The molecule has 1 aromatic rings. The average Bonchev–Trinajstić information content (AvgIpc) is 1.87. The van der Waals surface area contributed by atoms with Gasteiger partial charge in [0.25, 0.3) is 4.06 Å². The van der Waals surface area contributed by atoms with Crippen LogP contribution in [0.15, 0.2) is 14.0 Å². The zero-order valence-electron chi connectivity index (χ0n) is 3.18. The zero-order valence-corrected chi connectivity index (χ0v) is 6.40. The second-order valence-electron chi connectivity index (χ2n) is 0.892. The Morgan fingerprint density at radius 1 is 1.71 bits per heavy atom. The Labute approximate surface area is 56.8 Å². The van der Waals surface area contributed by atoms with Crippen molar-refractivity contribution in [2.24, 2.45) is 0 Å². The molecule has 38 valence electrons. The molecule has 7 heavy (non-hydrogen) atoms. The maximum Gasteiger partial charge on any atom is 0.288 e. The second kappa shape index (κ2) is 2.07. The Morgan fingerprint density at radius 3 is 2.57 bits per heavy atom. The second-order valence-corrected chi connectivity index (χ2v) is 4.39. The largest absolute Gasteiger partial charge is 0.288 e. The monoisotopic (exact) mass is 196 g/mol. The van der Waals surface area contributed by atoms with E-state index in [4.69, 9.17) is 0 Å². The molecule has 0 saturated heterocycles. The van der Waals surface area contributed by atoms with Crippen molar-refractivity contribution in [3.63, 3.8) is 0 Å². The van der Waals surface area contributed by atoms with Gasteiger partial charge in [0, 0.05) is 5.38 Å². The normalized spacial score (nSPS) is 9.29. The minimum Gasteiger partial charge on any atom is -0.265 e. The van der Waals surface area contributed by atoms with Gasteiger partial charge in [0.05, 0.1) is 3.79 Å². The molecule has 0 aliphatic rings. The Balaban J connectivity index is 3.30. The first-order chi connectivity index (χ1) is 3.29. The minimum absolute atomic E-state index is 0.145. The van der Waals surface area contributed by atoms with E-state index in [9.17, 15) is 4.79 Å². The van der Waals surface area contributed by atoms with Gasteiger partial charge in [-0.3, -0.25) is 4.79 Å². The van der Waals surface area contributed by atoms with Crippen molar-refractivity contribution < 1.29 is 0 Å². The van der Waals surface area contributed by atoms with Crippen molar-refractivity contribution >= 4 is 38.6 Å². The number of hydrogen-bond acceptors (Lipinski definition) is 3. The Bertz CT molecular complexity index is 201. The van der Waals surface area contributed by atoms with Crippen LogP contribution in [0.2, 0.25) is 0 Å². The number of halogens is 1. The maximum atomic E-state index is 10.3. The standard InChI is InChI=1S/C3HBrOS2/c4-2-1-6-3(5)7-2/h1H. The third kappa shape index (κ3) is 1.36. The van der Waals surface area contributed by atoms with Crippen LogP contribution in [0.1, 0.15) is 0 Å². The van der Waals surface area contributed by atoms with Gasteiger partial charge in [-0.05, 0) is 15.9 Å². The van der Waals surface area contributed by atoms with Gasteiger partial charge in [0.1, 0.15) is 0 Å². The Kier molecular flexibility index (Phi) is 1.61. The van der Waals surface area contributed by atoms with Crippen LogP contribution in [0.25, 0.3) is 0 Å². The highest BCUT2D eigenvalue weighted by Gasteiger charge is 1.87. The molecule has 0 N–H and O–H groups in total. The summed E-state index contributed by atoms with van der Waals surface area (Å²) in [7, 11) is 0.